The van der Waals surface area contributed by atoms with E-state index in [-0.39, 0.29) is 52.5 Å². The third kappa shape index (κ3) is 4.82. The first kappa shape index (κ1) is 23.8. The maximum absolute atomic E-state index is 14.0. The number of nitriles is 1. The van der Waals surface area contributed by atoms with E-state index >= 15 is 0 Å². The van der Waals surface area contributed by atoms with Crippen molar-refractivity contribution in [2.45, 2.75) is 38.8 Å². The normalized spacial score (nSPS) is 17.5. The largest absolute Gasteiger partial charge is 0.472 e. The summed E-state index contributed by atoms with van der Waals surface area (Å²) in [5.41, 5.74) is 0.413. The molecule has 2 aromatic heterocycles. The van der Waals surface area contributed by atoms with Crippen molar-refractivity contribution in [2.24, 2.45) is 0 Å². The molecule has 10 nitrogen and oxygen atoms in total. The number of piperidine rings is 1. The standard InChI is InChI=1S/C24H22FN5O5/c1-13-4-6-17(34-22-20(24(32)33-3)15(11-26)8-9-27-22)12-30(13)23(31)18-7-5-16(25)10-19(18)21-28-14(2)29-35-21/h5,7-10,13,17H,4,6,12H2,1-3H3/t13-,17-/m1/s1. The molecule has 4 rings (SSSR count). The Kier molecular flexibility index (Phi) is 6.73. The van der Waals surface area contributed by atoms with Crippen LogP contribution in [0.3, 0.4) is 0 Å². The second-order valence-electron chi connectivity index (χ2n) is 8.10. The Morgan fingerprint density at radius 3 is 2.77 bits per heavy atom. The van der Waals surface area contributed by atoms with Crippen LogP contribution in [0, 0.1) is 24.1 Å². The fourth-order valence-electron chi connectivity index (χ4n) is 3.98. The maximum Gasteiger partial charge on any atom is 0.344 e. The predicted octanol–water partition coefficient (Wildman–Crippen LogP) is 3.31. The highest BCUT2D eigenvalue weighted by Crippen LogP contribution is 2.29. The molecular formula is C24H22FN5O5. The van der Waals surface area contributed by atoms with Crippen molar-refractivity contribution in [2.75, 3.05) is 13.7 Å². The summed E-state index contributed by atoms with van der Waals surface area (Å²) in [7, 11) is 1.20. The molecular weight excluding hydrogens is 457 g/mol. The van der Waals surface area contributed by atoms with Gasteiger partial charge in [0.05, 0.1) is 30.3 Å². The van der Waals surface area contributed by atoms with Crippen LogP contribution in [0.1, 0.15) is 51.9 Å². The van der Waals surface area contributed by atoms with Crippen LogP contribution in [0.15, 0.2) is 35.0 Å². The SMILES string of the molecule is COC(=O)c1c(C#N)ccnc1O[C@@H]1CC[C@@H](C)N(C(=O)c2ccc(F)cc2-c2nc(C)no2)C1. The molecule has 180 valence electrons. The second-order valence-corrected chi connectivity index (χ2v) is 8.10. The van der Waals surface area contributed by atoms with Gasteiger partial charge in [-0.05, 0) is 51.0 Å². The molecule has 1 fully saturated rings. The first-order chi connectivity index (χ1) is 16.8. The highest BCUT2D eigenvalue weighted by molar-refractivity contribution is 6.00. The van der Waals surface area contributed by atoms with E-state index in [9.17, 15) is 19.2 Å². The summed E-state index contributed by atoms with van der Waals surface area (Å²) < 4.78 is 30.0. The van der Waals surface area contributed by atoms with Crippen LogP contribution >= 0.6 is 0 Å². The quantitative estimate of drug-likeness (QED) is 0.506. The van der Waals surface area contributed by atoms with Gasteiger partial charge in [0.1, 0.15) is 23.6 Å². The number of hydrogen-bond donors (Lipinski definition) is 0. The number of methoxy groups -OCH3 is 1. The topological polar surface area (TPSA) is 131 Å². The molecule has 35 heavy (non-hydrogen) atoms. The molecule has 11 heteroatoms. The summed E-state index contributed by atoms with van der Waals surface area (Å²) in [4.78, 5) is 35.7. The van der Waals surface area contributed by atoms with Gasteiger partial charge in [0.25, 0.3) is 11.8 Å². The molecule has 3 aromatic rings. The number of ether oxygens (including phenoxy) is 2. The first-order valence-electron chi connectivity index (χ1n) is 10.9. The minimum Gasteiger partial charge on any atom is -0.472 e. The Labute approximate surface area is 200 Å². The van der Waals surface area contributed by atoms with E-state index in [0.717, 1.165) is 0 Å². The third-order valence-corrected chi connectivity index (χ3v) is 5.77. The number of aryl methyl sites for hydroxylation is 1. The summed E-state index contributed by atoms with van der Waals surface area (Å²) >= 11 is 0. The van der Waals surface area contributed by atoms with Crippen molar-refractivity contribution in [3.63, 3.8) is 0 Å². The van der Waals surface area contributed by atoms with E-state index in [0.29, 0.717) is 18.7 Å². The summed E-state index contributed by atoms with van der Waals surface area (Å²) in [6.45, 7) is 3.71. The molecule has 0 aliphatic carbocycles. The Hall–Kier alpha value is -4.33. The Morgan fingerprint density at radius 1 is 1.29 bits per heavy atom. The zero-order chi connectivity index (χ0) is 25.1. The molecule has 1 aromatic carbocycles. The number of pyridine rings is 1. The lowest BCUT2D eigenvalue weighted by Gasteiger charge is -2.38. The summed E-state index contributed by atoms with van der Waals surface area (Å²) in [5, 5.41) is 13.1. The van der Waals surface area contributed by atoms with Crippen LogP contribution in [-0.2, 0) is 4.74 Å². The molecule has 0 saturated carbocycles. The molecule has 1 saturated heterocycles. The fraction of sp³-hybridized carbons (Fsp3) is 0.333. The minimum atomic E-state index is -0.743. The maximum atomic E-state index is 14.0. The highest BCUT2D eigenvalue weighted by Gasteiger charge is 2.34. The fourth-order valence-corrected chi connectivity index (χ4v) is 3.98. The van der Waals surface area contributed by atoms with Gasteiger partial charge in [-0.1, -0.05) is 5.16 Å². The number of esters is 1. The predicted molar refractivity (Wildman–Crippen MR) is 119 cm³/mol. The number of likely N-dealkylation sites (tertiary alicyclic amines) is 1. The lowest BCUT2D eigenvalue weighted by atomic mass is 9.98. The van der Waals surface area contributed by atoms with E-state index in [1.807, 2.05) is 13.0 Å². The average Bonchev–Trinajstić information content (AvgIpc) is 3.30. The molecule has 0 spiro atoms. The van der Waals surface area contributed by atoms with Gasteiger partial charge in [-0.15, -0.1) is 0 Å². The number of halogens is 1. The van der Waals surface area contributed by atoms with Crippen molar-refractivity contribution in [3.05, 3.63) is 58.8 Å². The summed E-state index contributed by atoms with van der Waals surface area (Å²) in [6.07, 6.45) is 2.06. The molecule has 1 amide bonds. The monoisotopic (exact) mass is 479 g/mol. The van der Waals surface area contributed by atoms with Gasteiger partial charge in [0, 0.05) is 12.2 Å². The van der Waals surface area contributed by atoms with Gasteiger partial charge in [0.2, 0.25) is 5.88 Å². The van der Waals surface area contributed by atoms with E-state index in [1.165, 1.54) is 37.6 Å². The summed E-state index contributed by atoms with van der Waals surface area (Å²) in [5.74, 6) is -1.28. The zero-order valence-corrected chi connectivity index (χ0v) is 19.3. The molecule has 3 heterocycles. The van der Waals surface area contributed by atoms with Crippen LogP contribution in [-0.4, -0.2) is 57.7 Å². The van der Waals surface area contributed by atoms with Gasteiger partial charge in [0.15, 0.2) is 5.82 Å². The zero-order valence-electron chi connectivity index (χ0n) is 19.3. The highest BCUT2D eigenvalue weighted by atomic mass is 19.1. The average molecular weight is 479 g/mol. The molecule has 0 N–H and O–H groups in total. The van der Waals surface area contributed by atoms with Gasteiger partial charge >= 0.3 is 5.97 Å². The van der Waals surface area contributed by atoms with E-state index < -0.39 is 17.9 Å². The van der Waals surface area contributed by atoms with Crippen LogP contribution < -0.4 is 4.74 Å². The number of aromatic nitrogens is 3. The van der Waals surface area contributed by atoms with Gasteiger partial charge in [-0.2, -0.15) is 10.2 Å². The molecule has 0 unspecified atom stereocenters. The lowest BCUT2D eigenvalue weighted by molar-refractivity contribution is 0.0359. The Morgan fingerprint density at radius 2 is 2.09 bits per heavy atom. The van der Waals surface area contributed by atoms with E-state index in [4.69, 9.17) is 14.0 Å². The van der Waals surface area contributed by atoms with Crippen molar-refractivity contribution >= 4 is 11.9 Å². The van der Waals surface area contributed by atoms with Crippen LogP contribution in [0.5, 0.6) is 5.88 Å². The van der Waals surface area contributed by atoms with Crippen molar-refractivity contribution in [1.29, 1.82) is 5.26 Å². The lowest BCUT2D eigenvalue weighted by Crippen LogP contribution is -2.49. The number of nitrogens with zero attached hydrogens (tertiary/aromatic N) is 5. The summed E-state index contributed by atoms with van der Waals surface area (Å²) in [6, 6.07) is 6.96. The second kappa shape index (κ2) is 9.89. The number of hydrogen-bond acceptors (Lipinski definition) is 9. The van der Waals surface area contributed by atoms with Gasteiger partial charge in [-0.25, -0.2) is 14.2 Å². The minimum absolute atomic E-state index is 0.0355. The van der Waals surface area contributed by atoms with E-state index in [2.05, 4.69) is 15.1 Å². The number of carbonyl (C=O) groups excluding carboxylic acids is 2. The smallest absolute Gasteiger partial charge is 0.344 e. The van der Waals surface area contributed by atoms with Gasteiger partial charge in [-0.3, -0.25) is 4.79 Å². The molecule has 0 bridgehead atoms. The first-order valence-corrected chi connectivity index (χ1v) is 10.9. The van der Waals surface area contributed by atoms with Crippen LogP contribution in [0.25, 0.3) is 11.5 Å². The van der Waals surface area contributed by atoms with Crippen LogP contribution in [0.4, 0.5) is 4.39 Å². The molecule has 1 aliphatic rings. The Balaban J connectivity index is 1.62. The number of carbonyl (C=O) groups is 2. The molecule has 1 aliphatic heterocycles. The number of rotatable bonds is 5. The Bertz CT molecular complexity index is 1320. The number of amides is 1. The van der Waals surface area contributed by atoms with E-state index in [1.54, 1.807) is 11.8 Å². The van der Waals surface area contributed by atoms with Gasteiger partial charge < -0.3 is 18.9 Å². The van der Waals surface area contributed by atoms with Crippen molar-refractivity contribution in [3.8, 4) is 23.4 Å². The van der Waals surface area contributed by atoms with Crippen molar-refractivity contribution < 1.29 is 28.0 Å². The molecule has 0 radical (unpaired) electrons. The third-order valence-electron chi connectivity index (χ3n) is 5.77. The molecule has 2 atom stereocenters. The van der Waals surface area contributed by atoms with Crippen molar-refractivity contribution in [1.82, 2.24) is 20.0 Å². The number of benzene rings is 1. The van der Waals surface area contributed by atoms with Crippen LogP contribution in [0.2, 0.25) is 0 Å².